The molecule has 0 radical (unpaired) electrons. The quantitative estimate of drug-likeness (QED) is 0.698. The molecule has 0 heterocycles. The zero-order valence-corrected chi connectivity index (χ0v) is 8.28. The van der Waals surface area contributed by atoms with Crippen molar-refractivity contribution in [3.8, 4) is 5.75 Å². The Morgan fingerprint density at radius 2 is 2.00 bits per heavy atom. The molecule has 0 aliphatic rings. The van der Waals surface area contributed by atoms with Crippen LogP contribution in [0.2, 0.25) is 0 Å². The van der Waals surface area contributed by atoms with Crippen LogP contribution in [0.4, 0.5) is 13.2 Å². The maximum Gasteiger partial charge on any atom is 0.573 e. The van der Waals surface area contributed by atoms with E-state index in [2.05, 4.69) is 10.6 Å². The Hall–Kier alpha value is -0.970. The van der Waals surface area contributed by atoms with Crippen LogP contribution in [0.1, 0.15) is 0 Å². The van der Waals surface area contributed by atoms with Gasteiger partial charge in [-0.1, -0.05) is 11.9 Å². The van der Waals surface area contributed by atoms with E-state index in [1.807, 2.05) is 6.26 Å². The lowest BCUT2D eigenvalue weighted by Gasteiger charge is -2.09. The Kier molecular flexibility index (Phi) is 3.21. The van der Waals surface area contributed by atoms with Crippen molar-refractivity contribution in [2.75, 3.05) is 6.26 Å². The lowest BCUT2D eigenvalue weighted by atomic mass is 10.3. The molecule has 0 aliphatic heterocycles. The van der Waals surface area contributed by atoms with Gasteiger partial charge in [-0.3, -0.25) is 0 Å². The molecule has 14 heavy (non-hydrogen) atoms. The van der Waals surface area contributed by atoms with Crippen molar-refractivity contribution in [2.45, 2.75) is 11.3 Å². The summed E-state index contributed by atoms with van der Waals surface area (Å²) in [4.78, 5) is 0.742. The molecule has 0 bridgehead atoms. The van der Waals surface area contributed by atoms with Crippen LogP contribution in [0, 0.1) is 0 Å². The second kappa shape index (κ2) is 4.04. The molecule has 0 N–H and O–H groups in total. The smallest absolute Gasteiger partial charge is 0.406 e. The van der Waals surface area contributed by atoms with Gasteiger partial charge in [0.1, 0.15) is 5.75 Å². The molecule has 0 amide bonds. The van der Waals surface area contributed by atoms with Gasteiger partial charge in [0.15, 0.2) is 0 Å². The highest BCUT2D eigenvalue weighted by atomic mass is 32.2. The number of rotatable bonds is 2. The minimum Gasteiger partial charge on any atom is -0.406 e. The van der Waals surface area contributed by atoms with Crippen LogP contribution in [0.3, 0.4) is 0 Å². The van der Waals surface area contributed by atoms with Crippen molar-refractivity contribution in [1.29, 1.82) is 0 Å². The summed E-state index contributed by atoms with van der Waals surface area (Å²) in [6.45, 7) is 0. The summed E-state index contributed by atoms with van der Waals surface area (Å²) in [5.41, 5.74) is 0. The topological polar surface area (TPSA) is 9.23 Å². The molecule has 1 rings (SSSR count). The Bertz CT molecular complexity index is 346. The van der Waals surface area contributed by atoms with E-state index in [0.717, 1.165) is 4.90 Å². The first-order valence-electron chi connectivity index (χ1n) is 3.70. The van der Waals surface area contributed by atoms with Gasteiger partial charge in [-0.05, 0) is 24.5 Å². The fraction of sp³-hybridized carbons (Fsp3) is 0.222. The predicted molar refractivity (Wildman–Crippen MR) is 52.0 cm³/mol. The van der Waals surface area contributed by atoms with Gasteiger partial charge in [-0.25, -0.2) is 0 Å². The third-order valence-electron chi connectivity index (χ3n) is 1.44. The summed E-state index contributed by atoms with van der Waals surface area (Å²) in [6, 6.07) is 5.86. The van der Waals surface area contributed by atoms with Crippen molar-refractivity contribution in [3.63, 3.8) is 0 Å². The Labute approximate surface area is 82.4 Å². The fourth-order valence-electron chi connectivity index (χ4n) is 0.888. The summed E-state index contributed by atoms with van der Waals surface area (Å²) in [5, 5.41) is 0. The summed E-state index contributed by atoms with van der Waals surface area (Å²) in [7, 11) is -0.315. The molecule has 0 saturated heterocycles. The average molecular weight is 222 g/mol. The molecular weight excluding hydrogens is 213 g/mol. The molecular formula is C9H9F3OS. The molecule has 0 aromatic heterocycles. The van der Waals surface area contributed by atoms with Crippen LogP contribution in [0.25, 0.3) is 0 Å². The Morgan fingerprint density at radius 3 is 2.50 bits per heavy atom. The number of hydrogen-bond acceptors (Lipinski definition) is 1. The van der Waals surface area contributed by atoms with Crippen molar-refractivity contribution in [1.82, 2.24) is 0 Å². The van der Waals surface area contributed by atoms with Crippen LogP contribution in [0.5, 0.6) is 5.75 Å². The minimum absolute atomic E-state index is 0.196. The first-order chi connectivity index (χ1) is 6.38. The third-order valence-corrected chi connectivity index (χ3v) is 2.50. The lowest BCUT2D eigenvalue weighted by molar-refractivity contribution is -0.274. The third kappa shape index (κ3) is 3.41. The average Bonchev–Trinajstić information content (AvgIpc) is 2.01. The Balaban J connectivity index is 2.89. The highest BCUT2D eigenvalue weighted by Crippen LogP contribution is 2.28. The minimum atomic E-state index is -4.63. The first kappa shape index (κ1) is 11.1. The molecule has 78 valence electrons. The van der Waals surface area contributed by atoms with Crippen LogP contribution < -0.4 is 4.74 Å². The number of halogens is 3. The number of ether oxygens (including phenoxy) is 1. The molecule has 0 aliphatic carbocycles. The second-order valence-corrected chi connectivity index (χ2v) is 4.41. The summed E-state index contributed by atoms with van der Waals surface area (Å²) >= 11 is 0. The Morgan fingerprint density at radius 1 is 1.36 bits per heavy atom. The van der Waals surface area contributed by atoms with E-state index in [4.69, 9.17) is 0 Å². The van der Waals surface area contributed by atoms with Gasteiger partial charge >= 0.3 is 6.36 Å². The predicted octanol–water partition coefficient (Wildman–Crippen LogP) is 3.27. The van der Waals surface area contributed by atoms with Crippen molar-refractivity contribution >= 4 is 16.4 Å². The lowest BCUT2D eigenvalue weighted by Crippen LogP contribution is -2.17. The van der Waals surface area contributed by atoms with Gasteiger partial charge in [-0.15, -0.1) is 13.2 Å². The first-order valence-corrected chi connectivity index (χ1v) is 5.50. The van der Waals surface area contributed by atoms with Crippen LogP contribution in [0.15, 0.2) is 29.2 Å². The highest BCUT2D eigenvalue weighted by Gasteiger charge is 2.31. The number of benzene rings is 1. The maximum atomic E-state index is 11.8. The number of hydrogen-bond donors (Lipinski definition) is 0. The molecule has 1 nitrogen and oxygen atoms in total. The molecule has 0 saturated carbocycles. The van der Waals surface area contributed by atoms with Crippen LogP contribution >= 0.6 is 10.5 Å². The fourth-order valence-corrected chi connectivity index (χ4v) is 1.52. The normalized spacial score (nSPS) is 13.7. The van der Waals surface area contributed by atoms with Gasteiger partial charge in [0.2, 0.25) is 0 Å². The maximum absolute atomic E-state index is 11.8. The van der Waals surface area contributed by atoms with E-state index >= 15 is 0 Å². The van der Waals surface area contributed by atoms with Crippen LogP contribution in [-0.4, -0.2) is 18.5 Å². The van der Waals surface area contributed by atoms with E-state index in [9.17, 15) is 13.2 Å². The second-order valence-electron chi connectivity index (χ2n) is 2.66. The SMILES string of the molecule is C=S(C)c1cccc(OC(F)(F)F)c1. The van der Waals surface area contributed by atoms with Crippen molar-refractivity contribution in [3.05, 3.63) is 24.3 Å². The van der Waals surface area contributed by atoms with E-state index in [1.54, 1.807) is 6.07 Å². The standard InChI is InChI=1S/C9H9F3OS/c1-14(2)8-5-3-4-7(6-8)13-9(10,11)12/h3-6H,1H2,2H3. The molecule has 1 aromatic rings. The van der Waals surface area contributed by atoms with E-state index in [-0.39, 0.29) is 16.2 Å². The van der Waals surface area contributed by atoms with E-state index in [1.165, 1.54) is 18.2 Å². The van der Waals surface area contributed by atoms with Gasteiger partial charge in [0.25, 0.3) is 0 Å². The molecule has 0 spiro atoms. The molecule has 1 aromatic carbocycles. The molecule has 1 unspecified atom stereocenters. The van der Waals surface area contributed by atoms with Gasteiger partial charge in [0.05, 0.1) is 0 Å². The summed E-state index contributed by atoms with van der Waals surface area (Å²) in [6.07, 6.45) is -2.81. The molecule has 0 fully saturated rings. The van der Waals surface area contributed by atoms with Gasteiger partial charge in [0, 0.05) is 4.90 Å². The van der Waals surface area contributed by atoms with Crippen molar-refractivity contribution in [2.24, 2.45) is 0 Å². The van der Waals surface area contributed by atoms with Crippen LogP contribution in [-0.2, 0) is 0 Å². The molecule has 5 heteroatoms. The van der Waals surface area contributed by atoms with Crippen molar-refractivity contribution < 1.29 is 17.9 Å². The molecule has 1 atom stereocenters. The zero-order valence-electron chi connectivity index (χ0n) is 7.47. The zero-order chi connectivity index (χ0) is 10.8. The van der Waals surface area contributed by atoms with Gasteiger partial charge < -0.3 is 4.74 Å². The monoisotopic (exact) mass is 222 g/mol. The highest BCUT2D eigenvalue weighted by molar-refractivity contribution is 8.13. The van der Waals surface area contributed by atoms with E-state index < -0.39 is 6.36 Å². The summed E-state index contributed by atoms with van der Waals surface area (Å²) < 4.78 is 39.3. The number of alkyl halides is 3. The largest absolute Gasteiger partial charge is 0.573 e. The summed E-state index contributed by atoms with van der Waals surface area (Å²) in [5.74, 6) is 3.54. The van der Waals surface area contributed by atoms with E-state index in [0.29, 0.717) is 0 Å². The van der Waals surface area contributed by atoms with Gasteiger partial charge in [-0.2, -0.15) is 10.5 Å².